The van der Waals surface area contributed by atoms with Gasteiger partial charge in [-0.25, -0.2) is 8.42 Å². The number of carbonyl (C=O) groups is 1. The van der Waals surface area contributed by atoms with Crippen LogP contribution in [0.4, 0.5) is 22.0 Å². The zero-order valence-corrected chi connectivity index (χ0v) is 17.7. The van der Waals surface area contributed by atoms with Gasteiger partial charge in [-0.3, -0.25) is 4.79 Å². The summed E-state index contributed by atoms with van der Waals surface area (Å²) in [4.78, 5) is 13.3. The SMILES string of the molecule is O=C(c1ccc(OC(F)F)cc1)N1CCN(S(=O)(=O)c2cc(C(F)(F)F)ccc2Cl)CC1. The third-order valence-corrected chi connectivity index (χ3v) is 7.11. The van der Waals surface area contributed by atoms with Crippen molar-refractivity contribution in [2.45, 2.75) is 17.7 Å². The fourth-order valence-electron chi connectivity index (χ4n) is 3.11. The summed E-state index contributed by atoms with van der Waals surface area (Å²) >= 11 is 5.86. The molecule has 0 N–H and O–H groups in total. The molecule has 1 saturated heterocycles. The third kappa shape index (κ3) is 5.30. The van der Waals surface area contributed by atoms with E-state index in [1.165, 1.54) is 29.2 Å². The minimum absolute atomic E-state index is 0.0239. The van der Waals surface area contributed by atoms with E-state index in [1.807, 2.05) is 0 Å². The van der Waals surface area contributed by atoms with Gasteiger partial charge < -0.3 is 9.64 Å². The van der Waals surface area contributed by atoms with Crippen molar-refractivity contribution in [3.05, 3.63) is 58.6 Å². The van der Waals surface area contributed by atoms with Gasteiger partial charge in [-0.1, -0.05) is 11.6 Å². The number of alkyl halides is 5. The number of hydrogen-bond donors (Lipinski definition) is 0. The van der Waals surface area contributed by atoms with E-state index in [0.717, 1.165) is 10.4 Å². The molecule has 0 aromatic heterocycles. The summed E-state index contributed by atoms with van der Waals surface area (Å²) in [6.45, 7) is -3.37. The van der Waals surface area contributed by atoms with Crippen LogP contribution in [0.2, 0.25) is 5.02 Å². The maximum absolute atomic E-state index is 13.0. The zero-order valence-electron chi connectivity index (χ0n) is 16.2. The van der Waals surface area contributed by atoms with Gasteiger partial charge in [0.05, 0.1) is 10.6 Å². The molecule has 0 aliphatic carbocycles. The molecule has 174 valence electrons. The van der Waals surface area contributed by atoms with Crippen LogP contribution in [0.15, 0.2) is 47.4 Å². The third-order valence-electron chi connectivity index (χ3n) is 4.73. The molecule has 1 aliphatic heterocycles. The highest BCUT2D eigenvalue weighted by atomic mass is 35.5. The van der Waals surface area contributed by atoms with Crippen molar-refractivity contribution < 1.29 is 39.9 Å². The van der Waals surface area contributed by atoms with Crippen LogP contribution >= 0.6 is 11.6 Å². The molecule has 2 aromatic rings. The van der Waals surface area contributed by atoms with Gasteiger partial charge in [0, 0.05) is 31.7 Å². The van der Waals surface area contributed by atoms with E-state index in [-0.39, 0.29) is 42.5 Å². The Morgan fingerprint density at radius 1 is 1.00 bits per heavy atom. The monoisotopic (exact) mass is 498 g/mol. The van der Waals surface area contributed by atoms with E-state index in [1.54, 1.807) is 0 Å². The van der Waals surface area contributed by atoms with Crippen LogP contribution in [0, 0.1) is 0 Å². The van der Waals surface area contributed by atoms with Crippen molar-refractivity contribution in [2.75, 3.05) is 26.2 Å². The topological polar surface area (TPSA) is 66.9 Å². The summed E-state index contributed by atoms with van der Waals surface area (Å²) in [7, 11) is -4.33. The fraction of sp³-hybridized carbons (Fsp3) is 0.316. The van der Waals surface area contributed by atoms with Gasteiger partial charge in [-0.05, 0) is 42.5 Å². The molecule has 0 spiro atoms. The highest BCUT2D eigenvalue weighted by Crippen LogP contribution is 2.34. The second kappa shape index (κ2) is 9.20. The highest BCUT2D eigenvalue weighted by molar-refractivity contribution is 7.89. The van der Waals surface area contributed by atoms with E-state index in [2.05, 4.69) is 4.74 Å². The van der Waals surface area contributed by atoms with Gasteiger partial charge in [0.25, 0.3) is 5.91 Å². The Balaban J connectivity index is 1.70. The van der Waals surface area contributed by atoms with Crippen LogP contribution in [-0.4, -0.2) is 56.3 Å². The Hall–Kier alpha value is -2.44. The standard InChI is InChI=1S/C19H16ClF5N2O4S/c20-15-6-3-13(19(23,24)25)11-16(15)32(29,30)27-9-7-26(8-10-27)17(28)12-1-4-14(5-2-12)31-18(21)22/h1-6,11,18H,7-10H2. The lowest BCUT2D eigenvalue weighted by atomic mass is 10.2. The van der Waals surface area contributed by atoms with Crippen LogP contribution in [0.25, 0.3) is 0 Å². The van der Waals surface area contributed by atoms with Gasteiger partial charge in [0.1, 0.15) is 10.6 Å². The van der Waals surface area contributed by atoms with Crippen molar-refractivity contribution >= 4 is 27.5 Å². The van der Waals surface area contributed by atoms with Gasteiger partial charge >= 0.3 is 12.8 Å². The number of benzene rings is 2. The van der Waals surface area contributed by atoms with E-state index in [0.29, 0.717) is 12.1 Å². The highest BCUT2D eigenvalue weighted by Gasteiger charge is 2.36. The molecule has 0 unspecified atom stereocenters. The summed E-state index contributed by atoms with van der Waals surface area (Å²) in [5, 5.41) is -0.345. The van der Waals surface area contributed by atoms with Crippen molar-refractivity contribution in [3.63, 3.8) is 0 Å². The van der Waals surface area contributed by atoms with Gasteiger partial charge in [-0.15, -0.1) is 0 Å². The molecule has 0 bridgehead atoms. The lowest BCUT2D eigenvalue weighted by molar-refractivity contribution is -0.137. The van der Waals surface area contributed by atoms with Crippen LogP contribution in [0.5, 0.6) is 5.75 Å². The molecule has 1 amide bonds. The Morgan fingerprint density at radius 3 is 2.12 bits per heavy atom. The minimum atomic E-state index is -4.74. The summed E-state index contributed by atoms with van der Waals surface area (Å²) in [6.07, 6.45) is -4.74. The quantitative estimate of drug-likeness (QED) is 0.582. The Kier molecular flexibility index (Phi) is 6.96. The van der Waals surface area contributed by atoms with Crippen molar-refractivity contribution in [3.8, 4) is 5.75 Å². The van der Waals surface area contributed by atoms with E-state index in [4.69, 9.17) is 11.6 Å². The number of amides is 1. The number of carbonyl (C=O) groups excluding carboxylic acids is 1. The molecule has 0 radical (unpaired) electrons. The second-order valence-corrected chi connectivity index (χ2v) is 9.06. The van der Waals surface area contributed by atoms with Crippen molar-refractivity contribution in [2.24, 2.45) is 0 Å². The average Bonchev–Trinajstić information content (AvgIpc) is 2.73. The molecule has 6 nitrogen and oxygen atoms in total. The predicted molar refractivity (Wildman–Crippen MR) is 104 cm³/mol. The molecule has 1 fully saturated rings. The van der Waals surface area contributed by atoms with Crippen LogP contribution < -0.4 is 4.74 Å². The lowest BCUT2D eigenvalue weighted by Crippen LogP contribution is -2.50. The normalized spacial score (nSPS) is 15.8. The first-order valence-corrected chi connectivity index (χ1v) is 10.9. The van der Waals surface area contributed by atoms with Crippen LogP contribution in [-0.2, 0) is 16.2 Å². The minimum Gasteiger partial charge on any atom is -0.435 e. The lowest BCUT2D eigenvalue weighted by Gasteiger charge is -2.34. The number of rotatable bonds is 5. The Bertz CT molecular complexity index is 1090. The number of sulfonamides is 1. The Labute approximate surface area is 185 Å². The predicted octanol–water partition coefficient (Wildman–Crippen LogP) is 4.11. The van der Waals surface area contributed by atoms with Crippen LogP contribution in [0.3, 0.4) is 0 Å². The number of piperazine rings is 1. The molecule has 2 aromatic carbocycles. The number of ether oxygens (including phenoxy) is 1. The number of halogens is 6. The molecule has 0 atom stereocenters. The molecule has 3 rings (SSSR count). The molecule has 1 aliphatic rings. The smallest absolute Gasteiger partial charge is 0.416 e. The first-order chi connectivity index (χ1) is 14.9. The van der Waals surface area contributed by atoms with E-state index in [9.17, 15) is 35.2 Å². The van der Waals surface area contributed by atoms with E-state index < -0.39 is 39.2 Å². The molecule has 32 heavy (non-hydrogen) atoms. The molecule has 1 heterocycles. The average molecular weight is 499 g/mol. The number of nitrogens with zero attached hydrogens (tertiary/aromatic N) is 2. The summed E-state index contributed by atoms with van der Waals surface area (Å²) in [5.74, 6) is -0.576. The molecular formula is C19H16ClF5N2O4S. The first-order valence-electron chi connectivity index (χ1n) is 9.10. The Morgan fingerprint density at radius 2 is 1.59 bits per heavy atom. The van der Waals surface area contributed by atoms with Gasteiger partial charge in [0.15, 0.2) is 0 Å². The summed E-state index contributed by atoms with van der Waals surface area (Å²) in [5.41, 5.74) is -0.961. The molecular weight excluding hydrogens is 483 g/mol. The molecule has 13 heteroatoms. The van der Waals surface area contributed by atoms with Crippen molar-refractivity contribution in [1.82, 2.24) is 9.21 Å². The van der Waals surface area contributed by atoms with E-state index >= 15 is 0 Å². The van der Waals surface area contributed by atoms with Gasteiger partial charge in [0.2, 0.25) is 10.0 Å². The fourth-order valence-corrected chi connectivity index (χ4v) is 5.03. The first kappa shape index (κ1) is 24.2. The summed E-state index contributed by atoms with van der Waals surface area (Å²) in [6, 6.07) is 7.05. The van der Waals surface area contributed by atoms with Gasteiger partial charge in [-0.2, -0.15) is 26.3 Å². The van der Waals surface area contributed by atoms with Crippen LogP contribution in [0.1, 0.15) is 15.9 Å². The second-order valence-electron chi connectivity index (χ2n) is 6.74. The largest absolute Gasteiger partial charge is 0.435 e. The maximum atomic E-state index is 13.0. The maximum Gasteiger partial charge on any atom is 0.416 e. The summed E-state index contributed by atoms with van der Waals surface area (Å²) < 4.78 is 94.2. The number of hydrogen-bond acceptors (Lipinski definition) is 4. The zero-order chi connectivity index (χ0) is 23.7. The molecule has 0 saturated carbocycles. The van der Waals surface area contributed by atoms with Crippen molar-refractivity contribution in [1.29, 1.82) is 0 Å².